The fourth-order valence-corrected chi connectivity index (χ4v) is 2.21. The molecule has 6 heteroatoms. The van der Waals surface area contributed by atoms with Gasteiger partial charge in [0, 0.05) is 17.2 Å². The number of Topliss-reactive ketones (excluding diaryl/α,β-unsaturated/α-hetero) is 1. The van der Waals surface area contributed by atoms with Crippen LogP contribution in [0.15, 0.2) is 36.0 Å². The maximum atomic E-state index is 12.1. The molecule has 0 bridgehead atoms. The van der Waals surface area contributed by atoms with Crippen molar-refractivity contribution in [1.82, 2.24) is 0 Å². The number of benzene rings is 1. The number of carbonyl (C=O) groups excluding carboxylic acids is 3. The SMILES string of the molecule is COC(=O)/C=C(/Nc1ccc(C(=O)C2CCC2)cc1)C(=O)OC. The molecule has 1 N–H and O–H groups in total. The van der Waals surface area contributed by atoms with Crippen LogP contribution in [0.5, 0.6) is 0 Å². The van der Waals surface area contributed by atoms with Crippen LogP contribution in [0.25, 0.3) is 0 Å². The molecule has 0 aliphatic heterocycles. The number of ketones is 1. The van der Waals surface area contributed by atoms with E-state index in [1.54, 1.807) is 24.3 Å². The van der Waals surface area contributed by atoms with Crippen molar-refractivity contribution in [1.29, 1.82) is 0 Å². The van der Waals surface area contributed by atoms with Crippen molar-refractivity contribution >= 4 is 23.4 Å². The van der Waals surface area contributed by atoms with Crippen LogP contribution in [-0.4, -0.2) is 31.9 Å². The fraction of sp³-hybridized carbons (Fsp3) is 0.353. The van der Waals surface area contributed by atoms with Gasteiger partial charge in [-0.2, -0.15) is 0 Å². The Morgan fingerprint density at radius 3 is 2.22 bits per heavy atom. The third-order valence-electron chi connectivity index (χ3n) is 3.79. The number of nitrogens with one attached hydrogen (secondary N) is 1. The van der Waals surface area contributed by atoms with Gasteiger partial charge >= 0.3 is 11.9 Å². The lowest BCUT2D eigenvalue weighted by Gasteiger charge is -2.23. The van der Waals surface area contributed by atoms with Gasteiger partial charge in [-0.1, -0.05) is 6.42 Å². The minimum Gasteiger partial charge on any atom is -0.466 e. The van der Waals surface area contributed by atoms with Crippen molar-refractivity contribution in [3.8, 4) is 0 Å². The highest BCUT2D eigenvalue weighted by Crippen LogP contribution is 2.30. The fourth-order valence-electron chi connectivity index (χ4n) is 2.21. The Kier molecular flexibility index (Phi) is 5.51. The summed E-state index contributed by atoms with van der Waals surface area (Å²) in [5, 5.41) is 2.79. The normalized spacial score (nSPS) is 14.6. The third kappa shape index (κ3) is 4.18. The molecule has 0 radical (unpaired) electrons. The zero-order valence-corrected chi connectivity index (χ0v) is 13.1. The largest absolute Gasteiger partial charge is 0.466 e. The summed E-state index contributed by atoms with van der Waals surface area (Å²) in [5.41, 5.74) is 1.17. The quantitative estimate of drug-likeness (QED) is 0.492. The summed E-state index contributed by atoms with van der Waals surface area (Å²) in [6.07, 6.45) is 4.02. The molecule has 1 aromatic carbocycles. The molecule has 1 aliphatic carbocycles. The zero-order chi connectivity index (χ0) is 16.8. The Morgan fingerprint density at radius 2 is 1.74 bits per heavy atom. The first-order valence-electron chi connectivity index (χ1n) is 7.34. The molecule has 1 aliphatic rings. The van der Waals surface area contributed by atoms with Crippen LogP contribution in [0.3, 0.4) is 0 Å². The molecule has 0 spiro atoms. The van der Waals surface area contributed by atoms with E-state index in [1.165, 1.54) is 14.2 Å². The molecule has 122 valence electrons. The summed E-state index contributed by atoms with van der Waals surface area (Å²) in [7, 11) is 2.43. The van der Waals surface area contributed by atoms with Crippen LogP contribution in [0.2, 0.25) is 0 Å². The highest BCUT2D eigenvalue weighted by molar-refractivity contribution is 6.00. The summed E-state index contributed by atoms with van der Waals surface area (Å²) in [5.74, 6) is -1.07. The lowest BCUT2D eigenvalue weighted by molar-refractivity contribution is -0.138. The van der Waals surface area contributed by atoms with Gasteiger partial charge in [0.05, 0.1) is 20.3 Å². The molecular formula is C17H19NO5. The number of esters is 2. The predicted molar refractivity (Wildman–Crippen MR) is 83.9 cm³/mol. The van der Waals surface area contributed by atoms with Crippen molar-refractivity contribution in [3.05, 3.63) is 41.6 Å². The van der Waals surface area contributed by atoms with E-state index in [-0.39, 0.29) is 17.4 Å². The van der Waals surface area contributed by atoms with Crippen LogP contribution in [0.1, 0.15) is 29.6 Å². The van der Waals surface area contributed by atoms with E-state index in [9.17, 15) is 14.4 Å². The zero-order valence-electron chi connectivity index (χ0n) is 13.1. The predicted octanol–water partition coefficient (Wildman–Crippen LogP) is 2.31. The average molecular weight is 317 g/mol. The Hall–Kier alpha value is -2.63. The molecule has 6 nitrogen and oxygen atoms in total. The van der Waals surface area contributed by atoms with E-state index in [0.717, 1.165) is 25.3 Å². The van der Waals surface area contributed by atoms with Gasteiger partial charge in [-0.05, 0) is 37.1 Å². The minimum absolute atomic E-state index is 0.0441. The third-order valence-corrected chi connectivity index (χ3v) is 3.79. The van der Waals surface area contributed by atoms with Crippen LogP contribution in [0, 0.1) is 5.92 Å². The Labute approximate surface area is 134 Å². The van der Waals surface area contributed by atoms with Gasteiger partial charge < -0.3 is 14.8 Å². The maximum Gasteiger partial charge on any atom is 0.354 e. The molecule has 0 atom stereocenters. The van der Waals surface area contributed by atoms with E-state index >= 15 is 0 Å². The van der Waals surface area contributed by atoms with Crippen molar-refractivity contribution < 1.29 is 23.9 Å². The molecule has 0 unspecified atom stereocenters. The highest BCUT2D eigenvalue weighted by Gasteiger charge is 2.26. The molecule has 0 saturated heterocycles. The van der Waals surface area contributed by atoms with Crippen molar-refractivity contribution in [2.24, 2.45) is 5.92 Å². The monoisotopic (exact) mass is 317 g/mol. The molecule has 2 rings (SSSR count). The smallest absolute Gasteiger partial charge is 0.354 e. The first-order chi connectivity index (χ1) is 11.0. The Balaban J connectivity index is 2.11. The summed E-state index contributed by atoms with van der Waals surface area (Å²) in [4.78, 5) is 35.1. The molecule has 0 amide bonds. The summed E-state index contributed by atoms with van der Waals surface area (Å²) < 4.78 is 9.11. The standard InChI is InChI=1S/C17H19NO5/c1-22-15(19)10-14(17(21)23-2)18-13-8-6-12(7-9-13)16(20)11-4-3-5-11/h6-11,18H,3-5H2,1-2H3/b14-10+. The lowest BCUT2D eigenvalue weighted by atomic mass is 9.80. The van der Waals surface area contributed by atoms with Gasteiger partial charge in [0.2, 0.25) is 0 Å². The van der Waals surface area contributed by atoms with Crippen molar-refractivity contribution in [3.63, 3.8) is 0 Å². The van der Waals surface area contributed by atoms with E-state index in [1.807, 2.05) is 0 Å². The molecule has 1 aromatic rings. The van der Waals surface area contributed by atoms with Gasteiger partial charge in [0.25, 0.3) is 0 Å². The minimum atomic E-state index is -0.690. The Bertz CT molecular complexity index is 629. The number of anilines is 1. The van der Waals surface area contributed by atoms with Crippen molar-refractivity contribution in [2.75, 3.05) is 19.5 Å². The van der Waals surface area contributed by atoms with Gasteiger partial charge in [-0.25, -0.2) is 9.59 Å². The average Bonchev–Trinajstić information content (AvgIpc) is 2.52. The van der Waals surface area contributed by atoms with Crippen LogP contribution in [-0.2, 0) is 19.1 Å². The number of methoxy groups -OCH3 is 2. The van der Waals surface area contributed by atoms with Gasteiger partial charge in [0.1, 0.15) is 5.70 Å². The van der Waals surface area contributed by atoms with E-state index in [4.69, 9.17) is 0 Å². The number of carbonyl (C=O) groups is 3. The second-order valence-electron chi connectivity index (χ2n) is 5.27. The maximum absolute atomic E-state index is 12.1. The molecule has 1 saturated carbocycles. The molecule has 0 aromatic heterocycles. The number of ether oxygens (including phenoxy) is 2. The first kappa shape index (κ1) is 16.7. The van der Waals surface area contributed by atoms with Crippen LogP contribution < -0.4 is 5.32 Å². The molecule has 0 heterocycles. The number of hydrogen-bond acceptors (Lipinski definition) is 6. The van der Waals surface area contributed by atoms with Gasteiger partial charge in [-0.3, -0.25) is 4.79 Å². The van der Waals surface area contributed by atoms with Gasteiger partial charge in [-0.15, -0.1) is 0 Å². The van der Waals surface area contributed by atoms with Crippen molar-refractivity contribution in [2.45, 2.75) is 19.3 Å². The van der Waals surface area contributed by atoms with Crippen LogP contribution >= 0.6 is 0 Å². The second kappa shape index (κ2) is 7.58. The number of hydrogen-bond donors (Lipinski definition) is 1. The topological polar surface area (TPSA) is 81.7 Å². The summed E-state index contributed by atoms with van der Waals surface area (Å²) in [6.45, 7) is 0. The molecule has 23 heavy (non-hydrogen) atoms. The van der Waals surface area contributed by atoms with Gasteiger partial charge in [0.15, 0.2) is 5.78 Å². The van der Waals surface area contributed by atoms with Crippen LogP contribution in [0.4, 0.5) is 5.69 Å². The van der Waals surface area contributed by atoms with E-state index in [0.29, 0.717) is 11.3 Å². The first-order valence-corrected chi connectivity index (χ1v) is 7.34. The lowest BCUT2D eigenvalue weighted by Crippen LogP contribution is -2.21. The summed E-state index contributed by atoms with van der Waals surface area (Å²) in [6, 6.07) is 6.77. The second-order valence-corrected chi connectivity index (χ2v) is 5.27. The van der Waals surface area contributed by atoms with E-state index in [2.05, 4.69) is 14.8 Å². The number of rotatable bonds is 6. The molecule has 1 fully saturated rings. The highest BCUT2D eigenvalue weighted by atomic mass is 16.5. The summed E-state index contributed by atoms with van der Waals surface area (Å²) >= 11 is 0. The van der Waals surface area contributed by atoms with E-state index < -0.39 is 11.9 Å². The Morgan fingerprint density at radius 1 is 1.09 bits per heavy atom. The molecular weight excluding hydrogens is 298 g/mol.